The number of hydrazone groups is 1. The SMILES string of the molecule is Cc1cc(F)c(O)c(/C=N/N2CCNCC2)c1. The van der Waals surface area contributed by atoms with E-state index in [1.54, 1.807) is 13.0 Å². The van der Waals surface area contributed by atoms with Crippen molar-refractivity contribution in [2.45, 2.75) is 6.92 Å². The first-order chi connectivity index (χ1) is 8.16. The summed E-state index contributed by atoms with van der Waals surface area (Å²) < 4.78 is 13.3. The van der Waals surface area contributed by atoms with E-state index < -0.39 is 5.82 Å². The minimum atomic E-state index is -0.605. The highest BCUT2D eigenvalue weighted by Gasteiger charge is 2.08. The van der Waals surface area contributed by atoms with Gasteiger partial charge in [0.1, 0.15) is 0 Å². The molecule has 1 fully saturated rings. The molecule has 0 unspecified atom stereocenters. The van der Waals surface area contributed by atoms with E-state index in [1.807, 2.05) is 5.01 Å². The second kappa shape index (κ2) is 5.14. The smallest absolute Gasteiger partial charge is 0.165 e. The number of nitrogens with one attached hydrogen (secondary N) is 1. The average molecular weight is 237 g/mol. The van der Waals surface area contributed by atoms with Gasteiger partial charge in [0.05, 0.1) is 6.21 Å². The second-order valence-corrected chi connectivity index (χ2v) is 4.13. The zero-order valence-corrected chi connectivity index (χ0v) is 9.78. The van der Waals surface area contributed by atoms with Gasteiger partial charge < -0.3 is 10.4 Å². The number of piperazine rings is 1. The summed E-state index contributed by atoms with van der Waals surface area (Å²) in [4.78, 5) is 0. The van der Waals surface area contributed by atoms with E-state index in [0.29, 0.717) is 5.56 Å². The van der Waals surface area contributed by atoms with E-state index in [1.165, 1.54) is 12.3 Å². The first-order valence-electron chi connectivity index (χ1n) is 5.65. The number of aromatic hydroxyl groups is 1. The molecule has 0 radical (unpaired) electrons. The van der Waals surface area contributed by atoms with Crippen LogP contribution in [0.2, 0.25) is 0 Å². The summed E-state index contributed by atoms with van der Waals surface area (Å²) in [6.07, 6.45) is 1.51. The lowest BCUT2D eigenvalue weighted by molar-refractivity contribution is 0.253. The number of hydrogen-bond acceptors (Lipinski definition) is 4. The van der Waals surface area contributed by atoms with Gasteiger partial charge in [0.15, 0.2) is 11.6 Å². The Kier molecular flexibility index (Phi) is 3.58. The van der Waals surface area contributed by atoms with E-state index in [2.05, 4.69) is 10.4 Å². The highest BCUT2D eigenvalue weighted by atomic mass is 19.1. The van der Waals surface area contributed by atoms with Crippen molar-refractivity contribution >= 4 is 6.21 Å². The Labute approximate surface area is 99.8 Å². The summed E-state index contributed by atoms with van der Waals surface area (Å²) in [5, 5.41) is 18.9. The molecule has 1 saturated heterocycles. The Morgan fingerprint density at radius 1 is 1.41 bits per heavy atom. The van der Waals surface area contributed by atoms with Gasteiger partial charge in [0.2, 0.25) is 0 Å². The largest absolute Gasteiger partial charge is 0.504 e. The van der Waals surface area contributed by atoms with Gasteiger partial charge in [0, 0.05) is 31.7 Å². The second-order valence-electron chi connectivity index (χ2n) is 4.13. The lowest BCUT2D eigenvalue weighted by atomic mass is 10.1. The van der Waals surface area contributed by atoms with Gasteiger partial charge in [-0.05, 0) is 24.6 Å². The average Bonchev–Trinajstić information content (AvgIpc) is 2.33. The highest BCUT2D eigenvalue weighted by Crippen LogP contribution is 2.21. The van der Waals surface area contributed by atoms with E-state index in [9.17, 15) is 9.50 Å². The monoisotopic (exact) mass is 237 g/mol. The van der Waals surface area contributed by atoms with Gasteiger partial charge in [-0.2, -0.15) is 5.10 Å². The van der Waals surface area contributed by atoms with E-state index >= 15 is 0 Å². The number of phenolic OH excluding ortho intramolecular Hbond substituents is 1. The molecule has 1 heterocycles. The molecule has 1 aliphatic rings. The minimum Gasteiger partial charge on any atom is -0.504 e. The van der Waals surface area contributed by atoms with Gasteiger partial charge in [-0.1, -0.05) is 0 Å². The van der Waals surface area contributed by atoms with Crippen molar-refractivity contribution < 1.29 is 9.50 Å². The zero-order chi connectivity index (χ0) is 12.3. The first kappa shape index (κ1) is 11.9. The van der Waals surface area contributed by atoms with Crippen molar-refractivity contribution in [3.05, 3.63) is 29.1 Å². The fourth-order valence-electron chi connectivity index (χ4n) is 1.77. The molecule has 17 heavy (non-hydrogen) atoms. The number of benzene rings is 1. The van der Waals surface area contributed by atoms with Crippen LogP contribution in [0.5, 0.6) is 5.75 Å². The number of rotatable bonds is 2. The Balaban J connectivity index is 2.14. The van der Waals surface area contributed by atoms with Gasteiger partial charge in [-0.25, -0.2) is 4.39 Å². The lowest BCUT2D eigenvalue weighted by Gasteiger charge is -2.24. The van der Waals surface area contributed by atoms with Crippen LogP contribution in [0.25, 0.3) is 0 Å². The van der Waals surface area contributed by atoms with E-state index in [0.717, 1.165) is 31.7 Å². The summed E-state index contributed by atoms with van der Waals surface area (Å²) >= 11 is 0. The van der Waals surface area contributed by atoms with Crippen LogP contribution in [-0.2, 0) is 0 Å². The minimum absolute atomic E-state index is 0.338. The Bertz CT molecular complexity index is 428. The summed E-state index contributed by atoms with van der Waals surface area (Å²) in [5.74, 6) is -0.943. The van der Waals surface area contributed by atoms with Crippen molar-refractivity contribution in [2.75, 3.05) is 26.2 Å². The van der Waals surface area contributed by atoms with Crippen molar-refractivity contribution in [1.82, 2.24) is 10.3 Å². The van der Waals surface area contributed by atoms with Crippen molar-refractivity contribution in [3.8, 4) is 5.75 Å². The molecule has 0 amide bonds. The molecular formula is C12H16FN3O. The molecule has 0 aliphatic carbocycles. The molecule has 1 aromatic carbocycles. The molecular weight excluding hydrogens is 221 g/mol. The topological polar surface area (TPSA) is 47.9 Å². The van der Waals surface area contributed by atoms with E-state index in [4.69, 9.17) is 0 Å². The van der Waals surface area contributed by atoms with Crippen LogP contribution < -0.4 is 5.32 Å². The van der Waals surface area contributed by atoms with Crippen molar-refractivity contribution in [2.24, 2.45) is 5.10 Å². The molecule has 0 atom stereocenters. The number of halogens is 1. The highest BCUT2D eigenvalue weighted by molar-refractivity contribution is 5.83. The maximum absolute atomic E-state index is 13.3. The first-order valence-corrected chi connectivity index (χ1v) is 5.65. The van der Waals surface area contributed by atoms with Crippen LogP contribution in [0, 0.1) is 12.7 Å². The predicted octanol–water partition coefficient (Wildman–Crippen LogP) is 1.08. The fourth-order valence-corrected chi connectivity index (χ4v) is 1.77. The molecule has 0 bridgehead atoms. The maximum atomic E-state index is 13.3. The summed E-state index contributed by atoms with van der Waals surface area (Å²) in [6.45, 7) is 5.22. The summed E-state index contributed by atoms with van der Waals surface area (Å²) in [6, 6.07) is 3.02. The summed E-state index contributed by atoms with van der Waals surface area (Å²) in [5.41, 5.74) is 1.18. The molecule has 4 nitrogen and oxygen atoms in total. The number of phenols is 1. The molecule has 2 N–H and O–H groups in total. The van der Waals surface area contributed by atoms with E-state index in [-0.39, 0.29) is 5.75 Å². The quantitative estimate of drug-likeness (QED) is 0.757. The van der Waals surface area contributed by atoms with Crippen molar-refractivity contribution in [3.63, 3.8) is 0 Å². The van der Waals surface area contributed by atoms with Crippen LogP contribution in [-0.4, -0.2) is 42.5 Å². The van der Waals surface area contributed by atoms with Gasteiger partial charge in [-0.3, -0.25) is 5.01 Å². The number of nitrogens with zero attached hydrogens (tertiary/aromatic N) is 2. The van der Waals surface area contributed by atoms with Crippen molar-refractivity contribution in [1.29, 1.82) is 0 Å². The normalized spacial score (nSPS) is 16.7. The molecule has 2 rings (SSSR count). The third-order valence-corrected chi connectivity index (χ3v) is 2.69. The summed E-state index contributed by atoms with van der Waals surface area (Å²) in [7, 11) is 0. The van der Waals surface area contributed by atoms with Gasteiger partial charge in [-0.15, -0.1) is 0 Å². The van der Waals surface area contributed by atoms with Crippen LogP contribution in [0.3, 0.4) is 0 Å². The van der Waals surface area contributed by atoms with Crippen LogP contribution in [0.15, 0.2) is 17.2 Å². The third-order valence-electron chi connectivity index (χ3n) is 2.69. The maximum Gasteiger partial charge on any atom is 0.165 e. The molecule has 92 valence electrons. The third kappa shape index (κ3) is 2.94. The Hall–Kier alpha value is -1.62. The van der Waals surface area contributed by atoms with Crippen LogP contribution in [0.4, 0.5) is 4.39 Å². The molecule has 0 saturated carbocycles. The number of aryl methyl sites for hydroxylation is 1. The molecule has 1 aliphatic heterocycles. The standard InChI is InChI=1S/C12H16FN3O/c1-9-6-10(12(17)11(13)7-9)8-15-16-4-2-14-3-5-16/h6-8,14,17H,2-5H2,1H3/b15-8+. The lowest BCUT2D eigenvalue weighted by Crippen LogP contribution is -2.40. The predicted molar refractivity (Wildman–Crippen MR) is 64.8 cm³/mol. The van der Waals surface area contributed by atoms with Crippen LogP contribution in [0.1, 0.15) is 11.1 Å². The zero-order valence-electron chi connectivity index (χ0n) is 9.78. The molecule has 0 aromatic heterocycles. The molecule has 0 spiro atoms. The Morgan fingerprint density at radius 2 is 2.12 bits per heavy atom. The fraction of sp³-hybridized carbons (Fsp3) is 0.417. The number of hydrogen-bond donors (Lipinski definition) is 2. The Morgan fingerprint density at radius 3 is 2.82 bits per heavy atom. The van der Waals surface area contributed by atoms with Crippen LogP contribution >= 0.6 is 0 Å². The molecule has 5 heteroatoms. The van der Waals surface area contributed by atoms with Gasteiger partial charge in [0.25, 0.3) is 0 Å². The molecule has 1 aromatic rings. The van der Waals surface area contributed by atoms with Gasteiger partial charge >= 0.3 is 0 Å².